The predicted molar refractivity (Wildman–Crippen MR) is 126 cm³/mol. The number of hydrogen-bond acceptors (Lipinski definition) is 3. The molecule has 1 heterocycles. The molecule has 31 heavy (non-hydrogen) atoms. The van der Waals surface area contributed by atoms with Crippen LogP contribution in [0.4, 0.5) is 11.4 Å². The van der Waals surface area contributed by atoms with E-state index in [-0.39, 0.29) is 11.8 Å². The SMILES string of the molecule is Cc1ccc(C2=C(Nc3ccc(C)c(C)c3)C(=O)N(c3cccc(C)c3C)C2=O)cc1. The highest BCUT2D eigenvalue weighted by atomic mass is 16.2. The number of benzene rings is 3. The largest absolute Gasteiger partial charge is 0.350 e. The molecular formula is C27H26N2O2. The highest BCUT2D eigenvalue weighted by Gasteiger charge is 2.40. The summed E-state index contributed by atoms with van der Waals surface area (Å²) >= 11 is 0. The summed E-state index contributed by atoms with van der Waals surface area (Å²) in [7, 11) is 0. The first kappa shape index (κ1) is 20.6. The molecule has 2 amide bonds. The Morgan fingerprint density at radius 3 is 2.10 bits per heavy atom. The van der Waals surface area contributed by atoms with E-state index in [1.54, 1.807) is 0 Å². The normalized spacial score (nSPS) is 13.9. The second-order valence-electron chi connectivity index (χ2n) is 8.20. The lowest BCUT2D eigenvalue weighted by atomic mass is 10.0. The highest BCUT2D eigenvalue weighted by molar-refractivity contribution is 6.46. The molecule has 0 bridgehead atoms. The molecule has 3 aromatic rings. The number of nitrogens with zero attached hydrogens (tertiary/aromatic N) is 1. The topological polar surface area (TPSA) is 49.4 Å². The van der Waals surface area contributed by atoms with Crippen molar-refractivity contribution in [2.24, 2.45) is 0 Å². The maximum atomic E-state index is 13.6. The van der Waals surface area contributed by atoms with Gasteiger partial charge in [0.05, 0.1) is 11.3 Å². The van der Waals surface area contributed by atoms with Crippen molar-refractivity contribution >= 4 is 28.8 Å². The Bertz CT molecular complexity index is 1240. The molecule has 4 nitrogen and oxygen atoms in total. The molecule has 156 valence electrons. The van der Waals surface area contributed by atoms with Crippen LogP contribution in [0.3, 0.4) is 0 Å². The van der Waals surface area contributed by atoms with Gasteiger partial charge in [-0.05, 0) is 80.6 Å². The number of hydrogen-bond donors (Lipinski definition) is 1. The summed E-state index contributed by atoms with van der Waals surface area (Å²) < 4.78 is 0. The Morgan fingerprint density at radius 2 is 1.42 bits per heavy atom. The van der Waals surface area contributed by atoms with Gasteiger partial charge in [0.15, 0.2) is 0 Å². The van der Waals surface area contributed by atoms with Crippen LogP contribution in [0.25, 0.3) is 5.57 Å². The molecule has 0 aromatic heterocycles. The number of amides is 2. The van der Waals surface area contributed by atoms with E-state index >= 15 is 0 Å². The van der Waals surface area contributed by atoms with E-state index in [0.717, 1.165) is 33.5 Å². The van der Waals surface area contributed by atoms with Crippen LogP contribution in [0.2, 0.25) is 0 Å². The molecule has 0 saturated heterocycles. The molecule has 0 radical (unpaired) electrons. The van der Waals surface area contributed by atoms with E-state index in [4.69, 9.17) is 0 Å². The summed E-state index contributed by atoms with van der Waals surface area (Å²) in [6.45, 7) is 9.98. The number of aryl methyl sites for hydroxylation is 4. The van der Waals surface area contributed by atoms with E-state index in [9.17, 15) is 9.59 Å². The van der Waals surface area contributed by atoms with E-state index < -0.39 is 0 Å². The van der Waals surface area contributed by atoms with Crippen LogP contribution in [0.5, 0.6) is 0 Å². The molecule has 0 atom stereocenters. The second kappa shape index (κ2) is 7.88. The fourth-order valence-corrected chi connectivity index (χ4v) is 3.79. The van der Waals surface area contributed by atoms with Crippen LogP contribution >= 0.6 is 0 Å². The quantitative estimate of drug-likeness (QED) is 0.568. The molecule has 1 aliphatic rings. The van der Waals surface area contributed by atoms with Crippen molar-refractivity contribution in [3.63, 3.8) is 0 Å². The first-order chi connectivity index (χ1) is 14.8. The molecule has 0 fully saturated rings. The Labute approximate surface area is 183 Å². The fraction of sp³-hybridized carbons (Fsp3) is 0.185. The van der Waals surface area contributed by atoms with E-state index in [2.05, 4.69) is 5.32 Å². The summed E-state index contributed by atoms with van der Waals surface area (Å²) in [4.78, 5) is 28.5. The van der Waals surface area contributed by atoms with Gasteiger partial charge in [0.2, 0.25) is 0 Å². The van der Waals surface area contributed by atoms with Gasteiger partial charge in [0, 0.05) is 5.69 Å². The standard InChI is InChI=1S/C27H26N2O2/c1-16-9-12-21(13-10-16)24-25(28-22-14-11-17(2)19(4)15-22)27(31)29(26(24)30)23-8-6-7-18(3)20(23)5/h6-15,28H,1-5H3. The predicted octanol–water partition coefficient (Wildman–Crippen LogP) is 5.63. The Morgan fingerprint density at radius 1 is 0.710 bits per heavy atom. The summed E-state index contributed by atoms with van der Waals surface area (Å²) in [6, 6.07) is 19.3. The summed E-state index contributed by atoms with van der Waals surface area (Å²) in [5, 5.41) is 3.25. The third-order valence-corrected chi connectivity index (χ3v) is 6.02. The van der Waals surface area contributed by atoms with Crippen molar-refractivity contribution in [1.29, 1.82) is 0 Å². The van der Waals surface area contributed by atoms with Crippen molar-refractivity contribution in [2.45, 2.75) is 34.6 Å². The number of imide groups is 1. The van der Waals surface area contributed by atoms with Gasteiger partial charge in [0.1, 0.15) is 5.70 Å². The van der Waals surface area contributed by atoms with E-state index in [1.165, 1.54) is 10.5 Å². The first-order valence-corrected chi connectivity index (χ1v) is 10.4. The minimum absolute atomic E-state index is 0.304. The maximum absolute atomic E-state index is 13.6. The third kappa shape index (κ3) is 3.66. The van der Waals surface area contributed by atoms with Crippen molar-refractivity contribution in [1.82, 2.24) is 0 Å². The lowest BCUT2D eigenvalue weighted by molar-refractivity contribution is -0.120. The number of carbonyl (C=O) groups is 2. The summed E-state index contributed by atoms with van der Waals surface area (Å²) in [6.07, 6.45) is 0. The number of rotatable bonds is 4. The summed E-state index contributed by atoms with van der Waals surface area (Å²) in [5.41, 5.74) is 8.16. The lowest BCUT2D eigenvalue weighted by Crippen LogP contribution is -2.33. The number of nitrogens with one attached hydrogen (secondary N) is 1. The van der Waals surface area contributed by atoms with Gasteiger partial charge in [0.25, 0.3) is 11.8 Å². The molecule has 0 saturated carbocycles. The van der Waals surface area contributed by atoms with Gasteiger partial charge in [-0.15, -0.1) is 0 Å². The van der Waals surface area contributed by atoms with Crippen molar-refractivity contribution in [2.75, 3.05) is 10.2 Å². The average molecular weight is 411 g/mol. The van der Waals surface area contributed by atoms with Gasteiger partial charge in [-0.2, -0.15) is 0 Å². The smallest absolute Gasteiger partial charge is 0.282 e. The number of anilines is 2. The monoisotopic (exact) mass is 410 g/mol. The van der Waals surface area contributed by atoms with Gasteiger partial charge < -0.3 is 5.32 Å². The van der Waals surface area contributed by atoms with Crippen LogP contribution in [0.15, 0.2) is 66.4 Å². The minimum atomic E-state index is -0.340. The third-order valence-electron chi connectivity index (χ3n) is 6.02. The van der Waals surface area contributed by atoms with Crippen molar-refractivity contribution < 1.29 is 9.59 Å². The molecular weight excluding hydrogens is 384 g/mol. The van der Waals surface area contributed by atoms with Crippen LogP contribution in [-0.4, -0.2) is 11.8 Å². The molecule has 1 aliphatic heterocycles. The minimum Gasteiger partial charge on any atom is -0.350 e. The highest BCUT2D eigenvalue weighted by Crippen LogP contribution is 2.36. The molecule has 3 aromatic carbocycles. The van der Waals surface area contributed by atoms with Gasteiger partial charge in [-0.25, -0.2) is 4.90 Å². The molecule has 4 rings (SSSR count). The molecule has 1 N–H and O–H groups in total. The zero-order valence-corrected chi connectivity index (χ0v) is 18.5. The van der Waals surface area contributed by atoms with Crippen LogP contribution in [-0.2, 0) is 9.59 Å². The summed E-state index contributed by atoms with van der Waals surface area (Å²) in [5.74, 6) is -0.651. The van der Waals surface area contributed by atoms with Crippen LogP contribution in [0, 0.1) is 34.6 Å². The van der Waals surface area contributed by atoms with Crippen molar-refractivity contribution in [3.05, 3.63) is 99.7 Å². The Hall–Kier alpha value is -3.66. The second-order valence-corrected chi connectivity index (χ2v) is 8.20. The van der Waals surface area contributed by atoms with Crippen LogP contribution < -0.4 is 10.2 Å². The molecule has 0 aliphatic carbocycles. The van der Waals surface area contributed by atoms with E-state index in [0.29, 0.717) is 17.0 Å². The van der Waals surface area contributed by atoms with Gasteiger partial charge in [-0.1, -0.05) is 48.0 Å². The number of carbonyl (C=O) groups excluding carboxylic acids is 2. The first-order valence-electron chi connectivity index (χ1n) is 10.4. The zero-order valence-electron chi connectivity index (χ0n) is 18.5. The molecule has 0 unspecified atom stereocenters. The fourth-order valence-electron chi connectivity index (χ4n) is 3.79. The molecule has 0 spiro atoms. The van der Waals surface area contributed by atoms with Crippen molar-refractivity contribution in [3.8, 4) is 0 Å². The van der Waals surface area contributed by atoms with Gasteiger partial charge in [-0.3, -0.25) is 9.59 Å². The molecule has 4 heteroatoms. The van der Waals surface area contributed by atoms with Crippen LogP contribution in [0.1, 0.15) is 33.4 Å². The Balaban J connectivity index is 1.85. The average Bonchev–Trinajstić information content (AvgIpc) is 2.97. The lowest BCUT2D eigenvalue weighted by Gasteiger charge is -2.19. The Kier molecular flexibility index (Phi) is 5.24. The maximum Gasteiger partial charge on any atom is 0.282 e. The van der Waals surface area contributed by atoms with Gasteiger partial charge >= 0.3 is 0 Å². The van der Waals surface area contributed by atoms with E-state index in [1.807, 2.05) is 95.3 Å². The zero-order chi connectivity index (χ0) is 22.3.